The van der Waals surface area contributed by atoms with Gasteiger partial charge in [-0.2, -0.15) is 0 Å². The second-order valence-corrected chi connectivity index (χ2v) is 5.90. The lowest BCUT2D eigenvalue weighted by molar-refractivity contribution is -0.129. The molecule has 0 amide bonds. The van der Waals surface area contributed by atoms with Crippen molar-refractivity contribution < 1.29 is 19.0 Å². The maximum absolute atomic E-state index is 11.9. The third-order valence-electron chi connectivity index (χ3n) is 3.14. The summed E-state index contributed by atoms with van der Waals surface area (Å²) in [5, 5.41) is 2.34. The molecular weight excluding hydrogens is 326 g/mol. The lowest BCUT2D eigenvalue weighted by atomic mass is 10.1. The van der Waals surface area contributed by atoms with Crippen LogP contribution in [-0.2, 0) is 9.53 Å². The first-order valence-electron chi connectivity index (χ1n) is 6.36. The molecule has 110 valence electrons. The van der Waals surface area contributed by atoms with Crippen LogP contribution in [0, 0.1) is 0 Å². The Labute approximate surface area is 134 Å². The third kappa shape index (κ3) is 2.26. The molecule has 0 atom stereocenters. The molecule has 4 rings (SSSR count). The molecule has 0 fully saturated rings. The fourth-order valence-corrected chi connectivity index (χ4v) is 2.96. The number of hydrogen-bond donors (Lipinski definition) is 0. The van der Waals surface area contributed by atoms with Crippen LogP contribution in [-0.4, -0.2) is 18.7 Å². The van der Waals surface area contributed by atoms with Crippen LogP contribution in [0.25, 0.3) is 6.08 Å². The Hall–Kier alpha value is -2.31. The summed E-state index contributed by atoms with van der Waals surface area (Å²) in [7, 11) is 0. The lowest BCUT2D eigenvalue weighted by Gasteiger charge is -2.01. The average molecular weight is 334 g/mol. The van der Waals surface area contributed by atoms with Crippen molar-refractivity contribution >= 4 is 40.9 Å². The molecule has 7 heteroatoms. The van der Waals surface area contributed by atoms with E-state index in [-0.39, 0.29) is 12.5 Å². The van der Waals surface area contributed by atoms with Crippen molar-refractivity contribution in [3.05, 3.63) is 50.8 Å². The molecule has 0 bridgehead atoms. The van der Waals surface area contributed by atoms with Crippen LogP contribution in [0.15, 0.2) is 40.3 Å². The van der Waals surface area contributed by atoms with Gasteiger partial charge in [-0.1, -0.05) is 17.7 Å². The van der Waals surface area contributed by atoms with Gasteiger partial charge in [0.15, 0.2) is 17.2 Å². The molecule has 2 aliphatic heterocycles. The molecule has 2 aromatic rings. The van der Waals surface area contributed by atoms with Gasteiger partial charge in [0.25, 0.3) is 0 Å². The molecule has 0 radical (unpaired) electrons. The van der Waals surface area contributed by atoms with Gasteiger partial charge in [-0.3, -0.25) is 0 Å². The number of thiophene rings is 1. The van der Waals surface area contributed by atoms with Crippen molar-refractivity contribution in [3.8, 4) is 11.5 Å². The van der Waals surface area contributed by atoms with Crippen molar-refractivity contribution in [2.75, 3.05) is 6.79 Å². The number of ether oxygens (including phenoxy) is 3. The van der Waals surface area contributed by atoms with E-state index in [1.54, 1.807) is 18.2 Å². The molecule has 3 heterocycles. The molecule has 0 unspecified atom stereocenters. The van der Waals surface area contributed by atoms with Gasteiger partial charge in [-0.25, -0.2) is 9.79 Å². The first-order valence-corrected chi connectivity index (χ1v) is 7.62. The molecule has 1 aromatic carbocycles. The Morgan fingerprint density at radius 3 is 2.86 bits per heavy atom. The number of cyclic esters (lactones) is 1. The zero-order chi connectivity index (χ0) is 15.1. The smallest absolute Gasteiger partial charge is 0.363 e. The molecule has 0 spiro atoms. The first-order chi connectivity index (χ1) is 10.7. The highest BCUT2D eigenvalue weighted by atomic mass is 35.5. The molecule has 1 aromatic heterocycles. The van der Waals surface area contributed by atoms with Crippen LogP contribution in [0.3, 0.4) is 0 Å². The minimum absolute atomic E-state index is 0.161. The standard InChI is InChI=1S/C15H8ClNO4S/c16-9-6-12-11(19-7-20-12)5-8(9)4-10-15(18)21-14(17-10)13-2-1-3-22-13/h1-6H,7H2/b10-4+. The normalized spacial score (nSPS) is 17.8. The van der Waals surface area contributed by atoms with Crippen molar-refractivity contribution in [1.82, 2.24) is 0 Å². The summed E-state index contributed by atoms with van der Waals surface area (Å²) in [6, 6.07) is 7.07. The Morgan fingerprint density at radius 1 is 1.27 bits per heavy atom. The number of esters is 1. The van der Waals surface area contributed by atoms with Gasteiger partial charge >= 0.3 is 5.97 Å². The van der Waals surface area contributed by atoms with Gasteiger partial charge in [0, 0.05) is 6.07 Å². The molecule has 0 aliphatic carbocycles. The van der Waals surface area contributed by atoms with Gasteiger partial charge in [-0.15, -0.1) is 11.3 Å². The van der Waals surface area contributed by atoms with Crippen LogP contribution in [0.1, 0.15) is 10.4 Å². The molecule has 2 aliphatic rings. The summed E-state index contributed by atoms with van der Waals surface area (Å²) < 4.78 is 15.7. The number of aliphatic imine (C=N–C) groups is 1. The number of rotatable bonds is 2. The molecular formula is C15H8ClNO4S. The predicted octanol–water partition coefficient (Wildman–Crippen LogP) is 3.47. The van der Waals surface area contributed by atoms with Crippen LogP contribution < -0.4 is 9.47 Å². The fourth-order valence-electron chi connectivity index (χ4n) is 2.11. The quantitative estimate of drug-likeness (QED) is 0.623. The molecule has 22 heavy (non-hydrogen) atoms. The highest BCUT2D eigenvalue weighted by Crippen LogP contribution is 2.38. The Bertz CT molecular complexity index is 826. The largest absolute Gasteiger partial charge is 0.454 e. The van der Waals surface area contributed by atoms with Gasteiger partial charge in [0.05, 0.1) is 9.90 Å². The number of nitrogens with zero attached hydrogens (tertiary/aromatic N) is 1. The van der Waals surface area contributed by atoms with Crippen LogP contribution in [0.2, 0.25) is 5.02 Å². The minimum atomic E-state index is -0.503. The minimum Gasteiger partial charge on any atom is -0.454 e. The number of carbonyl (C=O) groups excluding carboxylic acids is 1. The summed E-state index contributed by atoms with van der Waals surface area (Å²) in [6.07, 6.45) is 1.58. The van der Waals surface area contributed by atoms with E-state index in [1.165, 1.54) is 11.3 Å². The molecule has 0 saturated carbocycles. The second kappa shape index (κ2) is 5.15. The first kappa shape index (κ1) is 13.4. The van der Waals surface area contributed by atoms with Gasteiger partial charge in [0.1, 0.15) is 0 Å². The summed E-state index contributed by atoms with van der Waals surface area (Å²) in [5.41, 5.74) is 0.818. The number of benzene rings is 1. The average Bonchev–Trinajstić information content (AvgIpc) is 3.21. The highest BCUT2D eigenvalue weighted by molar-refractivity contribution is 7.12. The fraction of sp³-hybridized carbons (Fsp3) is 0.0667. The van der Waals surface area contributed by atoms with E-state index in [0.29, 0.717) is 28.0 Å². The highest BCUT2D eigenvalue weighted by Gasteiger charge is 2.25. The van der Waals surface area contributed by atoms with Crippen LogP contribution >= 0.6 is 22.9 Å². The van der Waals surface area contributed by atoms with Gasteiger partial charge < -0.3 is 14.2 Å². The van der Waals surface area contributed by atoms with E-state index >= 15 is 0 Å². The Balaban J connectivity index is 1.72. The lowest BCUT2D eigenvalue weighted by Crippen LogP contribution is -2.03. The zero-order valence-electron chi connectivity index (χ0n) is 11.0. The van der Waals surface area contributed by atoms with Crippen LogP contribution in [0.5, 0.6) is 11.5 Å². The number of hydrogen-bond acceptors (Lipinski definition) is 6. The predicted molar refractivity (Wildman–Crippen MR) is 82.5 cm³/mol. The van der Waals surface area contributed by atoms with E-state index in [2.05, 4.69) is 4.99 Å². The van der Waals surface area contributed by atoms with Crippen molar-refractivity contribution in [3.63, 3.8) is 0 Å². The number of fused-ring (bicyclic) bond motifs is 1. The number of halogens is 1. The monoisotopic (exact) mass is 333 g/mol. The Kier molecular flexibility index (Phi) is 3.13. The van der Waals surface area contributed by atoms with Crippen molar-refractivity contribution in [2.45, 2.75) is 0 Å². The van der Waals surface area contributed by atoms with Crippen molar-refractivity contribution in [1.29, 1.82) is 0 Å². The van der Waals surface area contributed by atoms with E-state index in [0.717, 1.165) is 4.88 Å². The maximum Gasteiger partial charge on any atom is 0.363 e. The Morgan fingerprint density at radius 2 is 2.09 bits per heavy atom. The summed E-state index contributed by atoms with van der Waals surface area (Å²) in [6.45, 7) is 0.161. The van der Waals surface area contributed by atoms with Crippen LogP contribution in [0.4, 0.5) is 0 Å². The third-order valence-corrected chi connectivity index (χ3v) is 4.32. The molecule has 5 nitrogen and oxygen atoms in total. The zero-order valence-corrected chi connectivity index (χ0v) is 12.6. The topological polar surface area (TPSA) is 57.1 Å². The molecule has 0 saturated heterocycles. The van der Waals surface area contributed by atoms with E-state index in [4.69, 9.17) is 25.8 Å². The van der Waals surface area contributed by atoms with E-state index in [9.17, 15) is 4.79 Å². The summed E-state index contributed by atoms with van der Waals surface area (Å²) in [4.78, 5) is 17.0. The van der Waals surface area contributed by atoms with Gasteiger partial charge in [-0.05, 0) is 29.2 Å². The summed E-state index contributed by atoms with van der Waals surface area (Å²) in [5.74, 6) is 0.981. The van der Waals surface area contributed by atoms with E-state index < -0.39 is 5.97 Å². The second-order valence-electron chi connectivity index (χ2n) is 4.54. The number of carbonyl (C=O) groups is 1. The van der Waals surface area contributed by atoms with E-state index in [1.807, 2.05) is 17.5 Å². The maximum atomic E-state index is 11.9. The summed E-state index contributed by atoms with van der Waals surface area (Å²) >= 11 is 7.64. The molecule has 0 N–H and O–H groups in total. The van der Waals surface area contributed by atoms with Crippen molar-refractivity contribution in [2.24, 2.45) is 4.99 Å². The van der Waals surface area contributed by atoms with Gasteiger partial charge in [0.2, 0.25) is 12.7 Å². The SMILES string of the molecule is O=C1OC(c2cccs2)=N/C1=C/c1cc2c(cc1Cl)OCO2.